The van der Waals surface area contributed by atoms with Gasteiger partial charge in [0.05, 0.1) is 16.8 Å². The van der Waals surface area contributed by atoms with Crippen LogP contribution in [0, 0.1) is 13.8 Å². The van der Waals surface area contributed by atoms with Crippen LogP contribution in [0.4, 0.5) is 0 Å². The molecular weight excluding hydrogens is 447 g/mol. The van der Waals surface area contributed by atoms with Gasteiger partial charge in [0.15, 0.2) is 5.96 Å². The highest BCUT2D eigenvalue weighted by Crippen LogP contribution is 2.20. The van der Waals surface area contributed by atoms with Crippen LogP contribution < -0.4 is 10.6 Å². The number of nitrogens with zero attached hydrogens (tertiary/aromatic N) is 2. The molecule has 0 unspecified atom stereocenters. The standard InChI is InChI=1S/C18H32N4OS.HI/c1-14-15(2)24-17(22-14)10-12-21-18(19-3)20-11-7-13-23-16-8-5-4-6-9-16;/h16H,4-13H2,1-3H3,(H2,19,20,21);1H. The Morgan fingerprint density at radius 1 is 1.20 bits per heavy atom. The fraction of sp³-hybridized carbons (Fsp3) is 0.778. The van der Waals surface area contributed by atoms with Crippen LogP contribution >= 0.6 is 35.3 Å². The molecular formula is C18H33IN4OS. The first-order chi connectivity index (χ1) is 11.7. The molecule has 5 nitrogen and oxygen atoms in total. The quantitative estimate of drug-likeness (QED) is 0.257. The first-order valence-corrected chi connectivity index (χ1v) is 9.99. The monoisotopic (exact) mass is 480 g/mol. The zero-order chi connectivity index (χ0) is 17.2. The van der Waals surface area contributed by atoms with Gasteiger partial charge < -0.3 is 15.4 Å². The largest absolute Gasteiger partial charge is 0.378 e. The van der Waals surface area contributed by atoms with Crippen molar-refractivity contribution in [3.63, 3.8) is 0 Å². The summed E-state index contributed by atoms with van der Waals surface area (Å²) < 4.78 is 5.94. The number of aromatic nitrogens is 1. The molecule has 0 bridgehead atoms. The molecule has 1 fully saturated rings. The van der Waals surface area contributed by atoms with E-state index in [1.165, 1.54) is 42.0 Å². The Morgan fingerprint density at radius 2 is 1.92 bits per heavy atom. The van der Waals surface area contributed by atoms with E-state index < -0.39 is 0 Å². The highest BCUT2D eigenvalue weighted by Gasteiger charge is 2.13. The maximum absolute atomic E-state index is 5.94. The Balaban J connectivity index is 0.00000312. The van der Waals surface area contributed by atoms with E-state index in [4.69, 9.17) is 4.74 Å². The summed E-state index contributed by atoms with van der Waals surface area (Å²) in [6.07, 6.45) is 8.98. The van der Waals surface area contributed by atoms with Gasteiger partial charge in [-0.15, -0.1) is 35.3 Å². The number of nitrogens with one attached hydrogen (secondary N) is 2. The number of aryl methyl sites for hydroxylation is 2. The molecule has 1 aliphatic rings. The van der Waals surface area contributed by atoms with E-state index >= 15 is 0 Å². The Bertz CT molecular complexity index is 496. The molecule has 0 atom stereocenters. The van der Waals surface area contributed by atoms with Gasteiger partial charge >= 0.3 is 0 Å². The fourth-order valence-electron chi connectivity index (χ4n) is 2.92. The second kappa shape index (κ2) is 12.9. The maximum Gasteiger partial charge on any atom is 0.190 e. The van der Waals surface area contributed by atoms with Crippen molar-refractivity contribution in [3.05, 3.63) is 15.6 Å². The summed E-state index contributed by atoms with van der Waals surface area (Å²) in [5.74, 6) is 0.859. The summed E-state index contributed by atoms with van der Waals surface area (Å²) >= 11 is 1.78. The van der Waals surface area contributed by atoms with Crippen molar-refractivity contribution in [3.8, 4) is 0 Å². The number of aliphatic imine (C=N–C) groups is 1. The van der Waals surface area contributed by atoms with E-state index in [1.807, 2.05) is 7.05 Å². The summed E-state index contributed by atoms with van der Waals surface area (Å²) in [6.45, 7) is 6.78. The minimum absolute atomic E-state index is 0. The number of hydrogen-bond donors (Lipinski definition) is 2. The number of rotatable bonds is 8. The molecule has 2 N–H and O–H groups in total. The van der Waals surface area contributed by atoms with Gasteiger partial charge in [0.1, 0.15) is 0 Å². The molecule has 1 aromatic heterocycles. The summed E-state index contributed by atoms with van der Waals surface area (Å²) in [5.41, 5.74) is 1.15. The number of hydrogen-bond acceptors (Lipinski definition) is 4. The number of ether oxygens (including phenoxy) is 1. The van der Waals surface area contributed by atoms with Crippen LogP contribution in [0.25, 0.3) is 0 Å². The van der Waals surface area contributed by atoms with E-state index in [1.54, 1.807) is 11.3 Å². The topological polar surface area (TPSA) is 58.5 Å². The third kappa shape index (κ3) is 8.68. The minimum Gasteiger partial charge on any atom is -0.378 e. The SMILES string of the molecule is CN=C(NCCCOC1CCCCC1)NCCc1nc(C)c(C)s1.I. The van der Waals surface area contributed by atoms with Crippen LogP contribution in [0.1, 0.15) is 54.1 Å². The molecule has 1 aromatic rings. The van der Waals surface area contributed by atoms with Gasteiger partial charge in [-0.25, -0.2) is 4.98 Å². The second-order valence-corrected chi connectivity index (χ2v) is 7.70. The molecule has 0 saturated heterocycles. The van der Waals surface area contributed by atoms with E-state index in [0.29, 0.717) is 6.10 Å². The molecule has 0 radical (unpaired) electrons. The van der Waals surface area contributed by atoms with Gasteiger partial charge in [-0.1, -0.05) is 19.3 Å². The molecule has 0 spiro atoms. The Labute approximate surface area is 173 Å². The van der Waals surface area contributed by atoms with Gasteiger partial charge in [0.2, 0.25) is 0 Å². The van der Waals surface area contributed by atoms with Crippen molar-refractivity contribution in [2.75, 3.05) is 26.7 Å². The smallest absolute Gasteiger partial charge is 0.190 e. The van der Waals surface area contributed by atoms with Crippen molar-refractivity contribution >= 4 is 41.3 Å². The van der Waals surface area contributed by atoms with E-state index in [9.17, 15) is 0 Å². The van der Waals surface area contributed by atoms with Crippen molar-refractivity contribution in [1.29, 1.82) is 0 Å². The Morgan fingerprint density at radius 3 is 2.56 bits per heavy atom. The van der Waals surface area contributed by atoms with E-state index in [0.717, 1.165) is 44.2 Å². The van der Waals surface area contributed by atoms with Crippen LogP contribution in [0.3, 0.4) is 0 Å². The molecule has 0 amide bonds. The first kappa shape index (κ1) is 22.6. The zero-order valence-electron chi connectivity index (χ0n) is 15.8. The van der Waals surface area contributed by atoms with E-state index in [2.05, 4.69) is 34.5 Å². The van der Waals surface area contributed by atoms with Crippen molar-refractivity contribution in [1.82, 2.24) is 15.6 Å². The second-order valence-electron chi connectivity index (χ2n) is 6.41. The van der Waals surface area contributed by atoms with Crippen LogP contribution in [0.5, 0.6) is 0 Å². The van der Waals surface area contributed by atoms with Gasteiger partial charge in [0, 0.05) is 38.0 Å². The number of thiazole rings is 1. The lowest BCUT2D eigenvalue weighted by molar-refractivity contribution is 0.0277. The van der Waals surface area contributed by atoms with Crippen LogP contribution in [0.15, 0.2) is 4.99 Å². The summed E-state index contributed by atoms with van der Waals surface area (Å²) in [6, 6.07) is 0. The van der Waals surface area contributed by atoms with Crippen molar-refractivity contribution in [2.45, 2.75) is 64.9 Å². The molecule has 1 saturated carbocycles. The molecule has 2 rings (SSSR count). The lowest BCUT2D eigenvalue weighted by Gasteiger charge is -2.22. The molecule has 0 aliphatic heterocycles. The average Bonchev–Trinajstić information content (AvgIpc) is 2.92. The first-order valence-electron chi connectivity index (χ1n) is 9.18. The highest BCUT2D eigenvalue weighted by atomic mass is 127. The maximum atomic E-state index is 5.94. The lowest BCUT2D eigenvalue weighted by atomic mass is 9.98. The Hall–Kier alpha value is -0.410. The molecule has 1 heterocycles. The normalized spacial score (nSPS) is 15.7. The lowest BCUT2D eigenvalue weighted by Crippen LogP contribution is -2.39. The molecule has 1 aliphatic carbocycles. The summed E-state index contributed by atoms with van der Waals surface area (Å²) in [7, 11) is 1.81. The molecule has 0 aromatic carbocycles. The van der Waals surface area contributed by atoms with Crippen LogP contribution in [-0.2, 0) is 11.2 Å². The molecule has 7 heteroatoms. The third-order valence-corrected chi connectivity index (χ3v) is 5.58. The number of guanidine groups is 1. The highest BCUT2D eigenvalue weighted by molar-refractivity contribution is 14.0. The summed E-state index contributed by atoms with van der Waals surface area (Å²) in [5, 5.41) is 7.89. The van der Waals surface area contributed by atoms with Crippen LogP contribution in [0.2, 0.25) is 0 Å². The van der Waals surface area contributed by atoms with Gasteiger partial charge in [0.25, 0.3) is 0 Å². The van der Waals surface area contributed by atoms with Gasteiger partial charge in [-0.2, -0.15) is 0 Å². The summed E-state index contributed by atoms with van der Waals surface area (Å²) in [4.78, 5) is 10.1. The number of halogens is 1. The van der Waals surface area contributed by atoms with Crippen molar-refractivity contribution < 1.29 is 4.74 Å². The fourth-order valence-corrected chi connectivity index (χ4v) is 3.85. The van der Waals surface area contributed by atoms with Crippen LogP contribution in [-0.4, -0.2) is 43.8 Å². The van der Waals surface area contributed by atoms with Crippen molar-refractivity contribution in [2.24, 2.45) is 4.99 Å². The molecule has 25 heavy (non-hydrogen) atoms. The predicted molar refractivity (Wildman–Crippen MR) is 118 cm³/mol. The Kier molecular flexibility index (Phi) is 11.6. The third-order valence-electron chi connectivity index (χ3n) is 4.45. The predicted octanol–water partition coefficient (Wildman–Crippen LogP) is 3.82. The minimum atomic E-state index is 0. The average molecular weight is 480 g/mol. The zero-order valence-corrected chi connectivity index (χ0v) is 18.9. The molecule has 144 valence electrons. The van der Waals surface area contributed by atoms with E-state index in [-0.39, 0.29) is 24.0 Å². The van der Waals surface area contributed by atoms with Gasteiger partial charge in [-0.05, 0) is 33.1 Å². The van der Waals surface area contributed by atoms with Gasteiger partial charge in [-0.3, -0.25) is 4.99 Å².